The van der Waals surface area contributed by atoms with Crippen molar-refractivity contribution in [2.45, 2.75) is 5.41 Å². The van der Waals surface area contributed by atoms with Crippen LogP contribution in [0.2, 0.25) is 5.02 Å². The fourth-order valence-electron chi connectivity index (χ4n) is 3.82. The maximum Gasteiger partial charge on any atom is 0.0578 e. The Labute approximate surface area is 153 Å². The first kappa shape index (κ1) is 15.9. The van der Waals surface area contributed by atoms with Crippen molar-refractivity contribution < 1.29 is 0 Å². The van der Waals surface area contributed by atoms with Crippen LogP contribution in [0.15, 0.2) is 102 Å². The normalized spacial score (nSPS) is 16.3. The van der Waals surface area contributed by atoms with E-state index in [0.29, 0.717) is 0 Å². The first-order chi connectivity index (χ1) is 12.3. The third-order valence-corrected chi connectivity index (χ3v) is 5.21. The number of aliphatic imine (C=N–C) groups is 1. The lowest BCUT2D eigenvalue weighted by atomic mass is 9.62. The molecule has 3 aromatic rings. The van der Waals surface area contributed by atoms with Gasteiger partial charge in [0.2, 0.25) is 0 Å². The minimum atomic E-state index is -0.419. The predicted molar refractivity (Wildman–Crippen MR) is 105 cm³/mol. The summed E-state index contributed by atoms with van der Waals surface area (Å²) in [5, 5.41) is 0.768. The van der Waals surface area contributed by atoms with Gasteiger partial charge in [-0.25, -0.2) is 0 Å². The largest absolute Gasteiger partial charge is 0.269 e. The number of halogens is 1. The Morgan fingerprint density at radius 2 is 1.28 bits per heavy atom. The molecule has 1 aliphatic heterocycles. The quantitative estimate of drug-likeness (QED) is 0.524. The van der Waals surface area contributed by atoms with Crippen molar-refractivity contribution in [3.05, 3.63) is 119 Å². The predicted octanol–water partition coefficient (Wildman–Crippen LogP) is 5.89. The molecule has 1 nitrogen and oxygen atoms in total. The van der Waals surface area contributed by atoms with Gasteiger partial charge in [0.1, 0.15) is 0 Å². The Bertz CT molecular complexity index is 862. The molecular formula is C23H18ClN. The van der Waals surface area contributed by atoms with E-state index in [9.17, 15) is 0 Å². The Morgan fingerprint density at radius 1 is 0.720 bits per heavy atom. The minimum absolute atomic E-state index is 0.0946. The molecule has 0 radical (unpaired) electrons. The van der Waals surface area contributed by atoms with Gasteiger partial charge in [-0.2, -0.15) is 0 Å². The van der Waals surface area contributed by atoms with Gasteiger partial charge in [-0.05, 0) is 22.8 Å². The molecule has 4 rings (SSSR count). The summed E-state index contributed by atoms with van der Waals surface area (Å²) in [7, 11) is 0. The van der Waals surface area contributed by atoms with Crippen molar-refractivity contribution in [1.82, 2.24) is 0 Å². The molecule has 0 fully saturated rings. The molecule has 1 aliphatic rings. The Balaban J connectivity index is 2.11. The van der Waals surface area contributed by atoms with Gasteiger partial charge in [0, 0.05) is 23.4 Å². The molecule has 1 unspecified atom stereocenters. The van der Waals surface area contributed by atoms with Crippen LogP contribution in [-0.2, 0) is 5.41 Å². The van der Waals surface area contributed by atoms with E-state index in [-0.39, 0.29) is 5.92 Å². The summed E-state index contributed by atoms with van der Waals surface area (Å²) in [4.78, 5) is 4.39. The molecule has 1 heterocycles. The molecular weight excluding hydrogens is 326 g/mol. The van der Waals surface area contributed by atoms with Gasteiger partial charge in [0.15, 0.2) is 0 Å². The van der Waals surface area contributed by atoms with E-state index in [2.05, 4.69) is 71.7 Å². The van der Waals surface area contributed by atoms with E-state index in [0.717, 1.165) is 10.6 Å². The fourth-order valence-corrected chi connectivity index (χ4v) is 4.10. The molecule has 0 spiro atoms. The lowest BCUT2D eigenvalue weighted by molar-refractivity contribution is 0.560. The lowest BCUT2D eigenvalue weighted by Gasteiger charge is -2.39. The first-order valence-electron chi connectivity index (χ1n) is 8.39. The SMILES string of the molecule is Clc1ccccc1C(c1ccccc1)(c1ccccc1)C1C=CN=C1. The molecule has 0 saturated carbocycles. The number of benzene rings is 3. The van der Waals surface area contributed by atoms with Gasteiger partial charge in [-0.15, -0.1) is 0 Å². The van der Waals surface area contributed by atoms with E-state index >= 15 is 0 Å². The number of allylic oxidation sites excluding steroid dienone is 1. The second kappa shape index (κ2) is 6.70. The Morgan fingerprint density at radius 3 is 1.80 bits per heavy atom. The van der Waals surface area contributed by atoms with E-state index in [4.69, 9.17) is 11.6 Å². The smallest absolute Gasteiger partial charge is 0.0578 e. The van der Waals surface area contributed by atoms with Gasteiger partial charge in [-0.3, -0.25) is 4.99 Å². The minimum Gasteiger partial charge on any atom is -0.269 e. The maximum atomic E-state index is 6.72. The summed E-state index contributed by atoms with van der Waals surface area (Å²) in [5.74, 6) is 0.0946. The first-order valence-corrected chi connectivity index (χ1v) is 8.77. The number of hydrogen-bond acceptors (Lipinski definition) is 1. The van der Waals surface area contributed by atoms with Crippen LogP contribution >= 0.6 is 11.6 Å². The molecule has 2 heteroatoms. The molecule has 3 aromatic carbocycles. The molecule has 0 amide bonds. The van der Waals surface area contributed by atoms with Crippen molar-refractivity contribution in [2.24, 2.45) is 10.9 Å². The molecule has 0 aliphatic carbocycles. The fraction of sp³-hybridized carbons (Fsp3) is 0.0870. The van der Waals surface area contributed by atoms with Crippen LogP contribution in [0, 0.1) is 5.92 Å². The number of hydrogen-bond donors (Lipinski definition) is 0. The van der Waals surface area contributed by atoms with Gasteiger partial charge in [0.25, 0.3) is 0 Å². The standard InChI is InChI=1S/C23H18ClN/c24-22-14-8-7-13-21(22)23(20-15-16-25-17-20,18-9-3-1-4-10-18)19-11-5-2-6-12-19/h1-17,20H. The molecule has 0 bridgehead atoms. The van der Waals surface area contributed by atoms with Crippen LogP contribution in [0.1, 0.15) is 16.7 Å². The summed E-state index contributed by atoms with van der Waals surface area (Å²) in [6.45, 7) is 0. The Hall–Kier alpha value is -2.64. The molecule has 0 saturated heterocycles. The Kier molecular flexibility index (Phi) is 4.25. The third kappa shape index (κ3) is 2.61. The van der Waals surface area contributed by atoms with Crippen molar-refractivity contribution in [3.8, 4) is 0 Å². The van der Waals surface area contributed by atoms with Crippen molar-refractivity contribution in [3.63, 3.8) is 0 Å². The number of nitrogens with zero attached hydrogens (tertiary/aromatic N) is 1. The van der Waals surface area contributed by atoms with E-state index in [1.54, 1.807) is 0 Å². The van der Waals surface area contributed by atoms with Crippen LogP contribution in [0.5, 0.6) is 0 Å². The van der Waals surface area contributed by atoms with Gasteiger partial charge in [-0.1, -0.05) is 96.5 Å². The molecule has 25 heavy (non-hydrogen) atoms. The van der Waals surface area contributed by atoms with Crippen LogP contribution in [-0.4, -0.2) is 6.21 Å². The summed E-state index contributed by atoms with van der Waals surface area (Å²) < 4.78 is 0. The highest BCUT2D eigenvalue weighted by atomic mass is 35.5. The molecule has 0 N–H and O–H groups in total. The summed E-state index contributed by atoms with van der Waals surface area (Å²) >= 11 is 6.72. The van der Waals surface area contributed by atoms with Crippen LogP contribution in [0.25, 0.3) is 0 Å². The highest BCUT2D eigenvalue weighted by Gasteiger charge is 2.43. The van der Waals surface area contributed by atoms with Crippen LogP contribution in [0.4, 0.5) is 0 Å². The van der Waals surface area contributed by atoms with Crippen molar-refractivity contribution in [2.75, 3.05) is 0 Å². The average Bonchev–Trinajstić information content (AvgIpc) is 3.21. The summed E-state index contributed by atoms with van der Waals surface area (Å²) in [6, 6.07) is 29.3. The maximum absolute atomic E-state index is 6.72. The van der Waals surface area contributed by atoms with Crippen molar-refractivity contribution >= 4 is 17.8 Å². The molecule has 0 aromatic heterocycles. The molecule has 1 atom stereocenters. The highest BCUT2D eigenvalue weighted by Crippen LogP contribution is 2.48. The third-order valence-electron chi connectivity index (χ3n) is 4.88. The van der Waals surface area contributed by atoms with Crippen LogP contribution < -0.4 is 0 Å². The summed E-state index contributed by atoms with van der Waals surface area (Å²) in [5.41, 5.74) is 3.09. The van der Waals surface area contributed by atoms with E-state index in [1.165, 1.54) is 11.1 Å². The average molecular weight is 344 g/mol. The monoisotopic (exact) mass is 343 g/mol. The lowest BCUT2D eigenvalue weighted by Crippen LogP contribution is -2.37. The van der Waals surface area contributed by atoms with E-state index in [1.807, 2.05) is 36.7 Å². The molecule has 122 valence electrons. The van der Waals surface area contributed by atoms with E-state index < -0.39 is 5.41 Å². The zero-order chi connectivity index (χ0) is 17.1. The summed E-state index contributed by atoms with van der Waals surface area (Å²) in [6.07, 6.45) is 6.05. The van der Waals surface area contributed by atoms with Crippen LogP contribution in [0.3, 0.4) is 0 Å². The second-order valence-corrected chi connectivity index (χ2v) is 6.59. The highest BCUT2D eigenvalue weighted by molar-refractivity contribution is 6.31. The topological polar surface area (TPSA) is 12.4 Å². The second-order valence-electron chi connectivity index (χ2n) is 6.19. The zero-order valence-corrected chi connectivity index (χ0v) is 14.5. The van der Waals surface area contributed by atoms with Crippen molar-refractivity contribution in [1.29, 1.82) is 0 Å². The van der Waals surface area contributed by atoms with Gasteiger partial charge < -0.3 is 0 Å². The zero-order valence-electron chi connectivity index (χ0n) is 13.7. The number of rotatable bonds is 4. The van der Waals surface area contributed by atoms with Gasteiger partial charge >= 0.3 is 0 Å². The van der Waals surface area contributed by atoms with Gasteiger partial charge in [0.05, 0.1) is 5.41 Å².